The van der Waals surface area contributed by atoms with Crippen molar-refractivity contribution in [3.63, 3.8) is 0 Å². The molecule has 0 amide bonds. The van der Waals surface area contributed by atoms with Gasteiger partial charge in [0.05, 0.1) is 21.4 Å². The summed E-state index contributed by atoms with van der Waals surface area (Å²) < 4.78 is 0. The van der Waals surface area contributed by atoms with Gasteiger partial charge in [-0.25, -0.2) is 0 Å². The van der Waals surface area contributed by atoms with Crippen LogP contribution in [0.5, 0.6) is 0 Å². The summed E-state index contributed by atoms with van der Waals surface area (Å²) in [7, 11) is 2.16. The second-order valence-corrected chi connectivity index (χ2v) is 5.91. The van der Waals surface area contributed by atoms with Gasteiger partial charge in [-0.2, -0.15) is 0 Å². The molecular formula is C13H19Cl2N3. The van der Waals surface area contributed by atoms with Gasteiger partial charge in [-0.1, -0.05) is 23.2 Å². The summed E-state index contributed by atoms with van der Waals surface area (Å²) in [6, 6.07) is 4.57. The lowest BCUT2D eigenvalue weighted by molar-refractivity contribution is 0.170. The van der Waals surface area contributed by atoms with E-state index in [2.05, 4.69) is 30.7 Å². The first kappa shape index (κ1) is 13.8. The molecule has 100 valence electrons. The molecule has 3 nitrogen and oxygen atoms in total. The van der Waals surface area contributed by atoms with Gasteiger partial charge < -0.3 is 10.6 Å². The van der Waals surface area contributed by atoms with Crippen molar-refractivity contribution in [1.29, 1.82) is 0 Å². The Balaban J connectivity index is 2.29. The fourth-order valence-corrected chi connectivity index (χ4v) is 2.76. The van der Waals surface area contributed by atoms with Crippen LogP contribution in [0, 0.1) is 0 Å². The second kappa shape index (κ2) is 5.16. The van der Waals surface area contributed by atoms with Crippen LogP contribution in [0.4, 0.5) is 11.4 Å². The number of nitrogen functional groups attached to an aromatic ring is 1. The van der Waals surface area contributed by atoms with Gasteiger partial charge in [0.2, 0.25) is 0 Å². The number of likely N-dealkylation sites (N-methyl/N-ethyl adjacent to an activating group) is 1. The summed E-state index contributed by atoms with van der Waals surface area (Å²) in [5.74, 6) is 0. The summed E-state index contributed by atoms with van der Waals surface area (Å²) in [4.78, 5) is 4.66. The first-order valence-electron chi connectivity index (χ1n) is 6.11. The minimum Gasteiger partial charge on any atom is -0.397 e. The topological polar surface area (TPSA) is 32.5 Å². The lowest BCUT2D eigenvalue weighted by atomic mass is 10.1. The van der Waals surface area contributed by atoms with Crippen molar-refractivity contribution in [2.24, 2.45) is 0 Å². The van der Waals surface area contributed by atoms with Crippen LogP contribution in [0.3, 0.4) is 0 Å². The van der Waals surface area contributed by atoms with Crippen molar-refractivity contribution >= 4 is 34.6 Å². The second-order valence-electron chi connectivity index (χ2n) is 5.09. The lowest BCUT2D eigenvalue weighted by Gasteiger charge is -2.43. The molecule has 0 saturated carbocycles. The van der Waals surface area contributed by atoms with Gasteiger partial charge in [0, 0.05) is 25.2 Å². The van der Waals surface area contributed by atoms with E-state index < -0.39 is 0 Å². The van der Waals surface area contributed by atoms with E-state index in [1.54, 1.807) is 6.07 Å². The Morgan fingerprint density at radius 2 is 1.61 bits per heavy atom. The first-order valence-corrected chi connectivity index (χ1v) is 6.87. The molecule has 1 aliphatic heterocycles. The molecule has 5 heteroatoms. The van der Waals surface area contributed by atoms with Crippen LogP contribution in [0.1, 0.15) is 13.8 Å². The maximum Gasteiger partial charge on any atom is 0.0617 e. The lowest BCUT2D eigenvalue weighted by Crippen LogP contribution is -2.55. The monoisotopic (exact) mass is 287 g/mol. The third kappa shape index (κ3) is 2.53. The minimum atomic E-state index is 0.489. The van der Waals surface area contributed by atoms with E-state index >= 15 is 0 Å². The predicted octanol–water partition coefficient (Wildman–Crippen LogP) is 3.10. The Labute approximate surface area is 118 Å². The van der Waals surface area contributed by atoms with E-state index in [4.69, 9.17) is 28.9 Å². The fraction of sp³-hybridized carbons (Fsp3) is 0.538. The van der Waals surface area contributed by atoms with Crippen LogP contribution in [-0.2, 0) is 0 Å². The van der Waals surface area contributed by atoms with E-state index in [0.717, 1.165) is 18.8 Å². The zero-order chi connectivity index (χ0) is 13.4. The molecular weight excluding hydrogens is 269 g/mol. The van der Waals surface area contributed by atoms with E-state index in [-0.39, 0.29) is 0 Å². The Kier molecular flexibility index (Phi) is 3.95. The molecule has 0 bridgehead atoms. The molecule has 1 heterocycles. The molecule has 0 spiro atoms. The number of nitrogens with zero attached hydrogens (tertiary/aromatic N) is 2. The SMILES string of the molecule is CC1CN(c2cc(Cl)c(Cl)cc2N)CC(C)N1C. The highest BCUT2D eigenvalue weighted by molar-refractivity contribution is 6.42. The largest absolute Gasteiger partial charge is 0.397 e. The Hall–Kier alpha value is -0.640. The molecule has 1 aromatic rings. The van der Waals surface area contributed by atoms with Gasteiger partial charge in [-0.05, 0) is 33.0 Å². The number of benzene rings is 1. The number of nitrogens with two attached hydrogens (primary N) is 1. The van der Waals surface area contributed by atoms with Crippen molar-refractivity contribution in [3.05, 3.63) is 22.2 Å². The van der Waals surface area contributed by atoms with Crippen LogP contribution in [0.2, 0.25) is 10.0 Å². The predicted molar refractivity (Wildman–Crippen MR) is 79.8 cm³/mol. The molecule has 18 heavy (non-hydrogen) atoms. The number of piperazine rings is 1. The number of halogens is 2. The van der Waals surface area contributed by atoms with Gasteiger partial charge in [0.1, 0.15) is 0 Å². The van der Waals surface area contributed by atoms with E-state index in [1.165, 1.54) is 0 Å². The average molecular weight is 288 g/mol. The molecule has 2 unspecified atom stereocenters. The molecule has 1 saturated heterocycles. The molecule has 2 N–H and O–H groups in total. The van der Waals surface area contributed by atoms with Crippen molar-refractivity contribution in [3.8, 4) is 0 Å². The van der Waals surface area contributed by atoms with E-state index in [9.17, 15) is 0 Å². The Morgan fingerprint density at radius 1 is 1.11 bits per heavy atom. The third-order valence-electron chi connectivity index (χ3n) is 3.77. The molecule has 1 aromatic carbocycles. The van der Waals surface area contributed by atoms with Gasteiger partial charge in [-0.3, -0.25) is 4.90 Å². The van der Waals surface area contributed by atoms with Gasteiger partial charge >= 0.3 is 0 Å². The number of anilines is 2. The van der Waals surface area contributed by atoms with Crippen LogP contribution < -0.4 is 10.6 Å². The van der Waals surface area contributed by atoms with Crippen molar-refractivity contribution in [2.75, 3.05) is 30.8 Å². The maximum absolute atomic E-state index is 6.08. The van der Waals surface area contributed by atoms with Crippen LogP contribution >= 0.6 is 23.2 Å². The Bertz CT molecular complexity index is 438. The summed E-state index contributed by atoms with van der Waals surface area (Å²) >= 11 is 12.0. The van der Waals surface area contributed by atoms with Crippen LogP contribution in [0.25, 0.3) is 0 Å². The minimum absolute atomic E-state index is 0.489. The summed E-state index contributed by atoms with van der Waals surface area (Å²) in [5.41, 5.74) is 7.72. The highest BCUT2D eigenvalue weighted by Crippen LogP contribution is 2.34. The fourth-order valence-electron chi connectivity index (χ4n) is 2.43. The third-order valence-corrected chi connectivity index (χ3v) is 4.49. The van der Waals surface area contributed by atoms with Crippen molar-refractivity contribution in [1.82, 2.24) is 4.90 Å². The molecule has 1 fully saturated rings. The zero-order valence-electron chi connectivity index (χ0n) is 11.0. The quantitative estimate of drug-likeness (QED) is 0.806. The number of hydrogen-bond donors (Lipinski definition) is 1. The zero-order valence-corrected chi connectivity index (χ0v) is 12.5. The van der Waals surface area contributed by atoms with Gasteiger partial charge in [0.25, 0.3) is 0 Å². The van der Waals surface area contributed by atoms with Crippen molar-refractivity contribution < 1.29 is 0 Å². The molecule has 2 rings (SSSR count). The van der Waals surface area contributed by atoms with Crippen LogP contribution in [0.15, 0.2) is 12.1 Å². The molecule has 2 atom stereocenters. The van der Waals surface area contributed by atoms with Crippen molar-refractivity contribution in [2.45, 2.75) is 25.9 Å². The highest BCUT2D eigenvalue weighted by atomic mass is 35.5. The van der Waals surface area contributed by atoms with E-state index in [0.29, 0.717) is 27.8 Å². The average Bonchev–Trinajstić information content (AvgIpc) is 2.30. The van der Waals surface area contributed by atoms with Crippen LogP contribution in [-0.4, -0.2) is 37.1 Å². The molecule has 0 radical (unpaired) electrons. The highest BCUT2D eigenvalue weighted by Gasteiger charge is 2.27. The molecule has 1 aliphatic rings. The van der Waals surface area contributed by atoms with Gasteiger partial charge in [-0.15, -0.1) is 0 Å². The normalized spacial score (nSPS) is 25.5. The summed E-state index contributed by atoms with van der Waals surface area (Å²) in [6.45, 7) is 6.33. The van der Waals surface area contributed by atoms with E-state index in [1.807, 2.05) is 6.07 Å². The number of rotatable bonds is 1. The summed E-state index contributed by atoms with van der Waals surface area (Å²) in [6.07, 6.45) is 0. The smallest absolute Gasteiger partial charge is 0.0617 e. The van der Waals surface area contributed by atoms with Gasteiger partial charge in [0.15, 0.2) is 0 Å². The Morgan fingerprint density at radius 3 is 2.17 bits per heavy atom. The molecule has 0 aromatic heterocycles. The number of hydrogen-bond acceptors (Lipinski definition) is 3. The standard InChI is InChI=1S/C13H19Cl2N3/c1-8-6-18(7-9(2)17(8)3)13-5-11(15)10(14)4-12(13)16/h4-5,8-9H,6-7,16H2,1-3H3. The molecule has 0 aliphatic carbocycles. The summed E-state index contributed by atoms with van der Waals surface area (Å²) in [5, 5.41) is 1.06. The maximum atomic E-state index is 6.08. The first-order chi connectivity index (χ1) is 8.40.